The average molecular weight is 261 g/mol. The molecule has 0 amide bonds. The molecule has 0 bridgehead atoms. The average Bonchev–Trinajstić information content (AvgIpc) is 2.38. The van der Waals surface area contributed by atoms with E-state index in [1.54, 1.807) is 18.2 Å². The topological polar surface area (TPSA) is 76.4 Å². The highest BCUT2D eigenvalue weighted by Gasteiger charge is 2.14. The Bertz CT molecular complexity index is 531. The number of nitriles is 1. The summed E-state index contributed by atoms with van der Waals surface area (Å²) >= 11 is 0. The van der Waals surface area contributed by atoms with Crippen LogP contribution in [-0.2, 0) is 16.0 Å². The lowest BCUT2D eigenvalue weighted by Crippen LogP contribution is -2.15. The van der Waals surface area contributed by atoms with E-state index in [0.717, 1.165) is 0 Å². The fourth-order valence-corrected chi connectivity index (χ4v) is 1.56. The Hall–Kier alpha value is -2.35. The van der Waals surface area contributed by atoms with Crippen molar-refractivity contribution in [3.8, 4) is 11.8 Å². The molecule has 0 unspecified atom stereocenters. The van der Waals surface area contributed by atoms with E-state index >= 15 is 0 Å². The van der Waals surface area contributed by atoms with Crippen LogP contribution in [0.5, 0.6) is 5.75 Å². The number of carbonyl (C=O) groups excluding carboxylic acids is 2. The molecule has 0 saturated heterocycles. The van der Waals surface area contributed by atoms with Gasteiger partial charge in [0.25, 0.3) is 0 Å². The number of Topliss-reactive ketones (excluding diaryl/α,β-unsaturated/α-hetero) is 1. The molecule has 0 radical (unpaired) electrons. The first kappa shape index (κ1) is 14.7. The molecule has 5 heteroatoms. The Kier molecular flexibility index (Phi) is 5.07. The van der Waals surface area contributed by atoms with Gasteiger partial charge in [-0.3, -0.25) is 9.59 Å². The normalized spacial score (nSPS) is 11.3. The van der Waals surface area contributed by atoms with E-state index in [0.29, 0.717) is 16.9 Å². The van der Waals surface area contributed by atoms with E-state index in [-0.39, 0.29) is 12.2 Å². The largest absolute Gasteiger partial charge is 0.496 e. The Morgan fingerprint density at radius 2 is 2.11 bits per heavy atom. The summed E-state index contributed by atoms with van der Waals surface area (Å²) in [6.07, 6.45) is -0.842. The van der Waals surface area contributed by atoms with Gasteiger partial charge in [-0.25, -0.2) is 0 Å². The molecular weight excluding hydrogens is 246 g/mol. The van der Waals surface area contributed by atoms with Gasteiger partial charge in [-0.05, 0) is 32.0 Å². The molecular formula is C14H15NO4. The highest BCUT2D eigenvalue weighted by atomic mass is 16.5. The third-order valence-electron chi connectivity index (χ3n) is 2.51. The minimum Gasteiger partial charge on any atom is -0.496 e. The Balaban J connectivity index is 2.92. The molecule has 0 N–H and O–H groups in total. The first-order chi connectivity index (χ1) is 8.97. The van der Waals surface area contributed by atoms with Crippen LogP contribution in [0.1, 0.15) is 29.8 Å². The van der Waals surface area contributed by atoms with Crippen molar-refractivity contribution in [1.29, 1.82) is 5.26 Å². The molecule has 1 atom stereocenters. The van der Waals surface area contributed by atoms with E-state index in [1.165, 1.54) is 21.0 Å². The number of benzene rings is 1. The molecule has 0 aromatic heterocycles. The van der Waals surface area contributed by atoms with Crippen molar-refractivity contribution in [3.05, 3.63) is 29.3 Å². The summed E-state index contributed by atoms with van der Waals surface area (Å²) in [4.78, 5) is 22.9. The Labute approximate surface area is 111 Å². The van der Waals surface area contributed by atoms with Crippen molar-refractivity contribution in [2.24, 2.45) is 0 Å². The predicted octanol–water partition coefficient (Wildman–Crippen LogP) is 1.90. The second-order valence-electron chi connectivity index (χ2n) is 4.02. The van der Waals surface area contributed by atoms with Gasteiger partial charge < -0.3 is 9.47 Å². The lowest BCUT2D eigenvalue weighted by Gasteiger charge is -2.10. The van der Waals surface area contributed by atoms with Crippen molar-refractivity contribution in [2.45, 2.75) is 26.4 Å². The summed E-state index contributed by atoms with van der Waals surface area (Å²) < 4.78 is 9.99. The van der Waals surface area contributed by atoms with Crippen LogP contribution in [0.25, 0.3) is 0 Å². The fourth-order valence-electron chi connectivity index (χ4n) is 1.56. The van der Waals surface area contributed by atoms with Gasteiger partial charge in [-0.2, -0.15) is 5.26 Å². The number of methoxy groups -OCH3 is 1. The van der Waals surface area contributed by atoms with E-state index in [1.807, 2.05) is 6.07 Å². The van der Waals surface area contributed by atoms with Crippen molar-refractivity contribution < 1.29 is 19.1 Å². The van der Waals surface area contributed by atoms with Gasteiger partial charge in [0.1, 0.15) is 11.8 Å². The number of ketones is 1. The summed E-state index contributed by atoms with van der Waals surface area (Å²) in [5, 5.41) is 8.57. The summed E-state index contributed by atoms with van der Waals surface area (Å²) in [6, 6.07) is 6.67. The van der Waals surface area contributed by atoms with E-state index in [9.17, 15) is 9.59 Å². The van der Waals surface area contributed by atoms with Crippen molar-refractivity contribution in [2.75, 3.05) is 7.11 Å². The van der Waals surface area contributed by atoms with Crippen LogP contribution in [0.3, 0.4) is 0 Å². The van der Waals surface area contributed by atoms with Crippen LogP contribution < -0.4 is 4.74 Å². The number of esters is 1. The minimum atomic E-state index is -0.797. The van der Waals surface area contributed by atoms with Gasteiger partial charge in [-0.15, -0.1) is 0 Å². The monoisotopic (exact) mass is 261 g/mol. The van der Waals surface area contributed by atoms with Crippen molar-refractivity contribution >= 4 is 11.8 Å². The SMILES string of the molecule is COc1ccc(C(C)=O)cc1CC(=O)O[C@@H](C)C#N. The van der Waals surface area contributed by atoms with Gasteiger partial charge >= 0.3 is 5.97 Å². The zero-order valence-electron chi connectivity index (χ0n) is 11.1. The smallest absolute Gasteiger partial charge is 0.311 e. The second kappa shape index (κ2) is 6.55. The van der Waals surface area contributed by atoms with Gasteiger partial charge in [0.05, 0.1) is 13.5 Å². The fraction of sp³-hybridized carbons (Fsp3) is 0.357. The number of carbonyl (C=O) groups is 2. The maximum absolute atomic E-state index is 11.6. The van der Waals surface area contributed by atoms with Gasteiger partial charge in [0.2, 0.25) is 0 Å². The molecule has 5 nitrogen and oxygen atoms in total. The molecule has 0 aliphatic heterocycles. The van der Waals surface area contributed by atoms with E-state index in [2.05, 4.69) is 0 Å². The zero-order valence-corrected chi connectivity index (χ0v) is 11.1. The Morgan fingerprint density at radius 1 is 1.42 bits per heavy atom. The van der Waals surface area contributed by atoms with E-state index in [4.69, 9.17) is 14.7 Å². The van der Waals surface area contributed by atoms with Crippen LogP contribution in [0.2, 0.25) is 0 Å². The lowest BCUT2D eigenvalue weighted by molar-refractivity contribution is -0.145. The van der Waals surface area contributed by atoms with Crippen LogP contribution in [0.4, 0.5) is 0 Å². The van der Waals surface area contributed by atoms with Crippen molar-refractivity contribution in [3.63, 3.8) is 0 Å². The molecule has 0 aliphatic carbocycles. The predicted molar refractivity (Wildman–Crippen MR) is 67.9 cm³/mol. The quantitative estimate of drug-likeness (QED) is 0.597. The zero-order chi connectivity index (χ0) is 14.4. The maximum atomic E-state index is 11.6. The minimum absolute atomic E-state index is 0.0453. The number of hydrogen-bond donors (Lipinski definition) is 0. The van der Waals surface area contributed by atoms with Crippen LogP contribution >= 0.6 is 0 Å². The highest BCUT2D eigenvalue weighted by molar-refractivity contribution is 5.94. The number of rotatable bonds is 5. The van der Waals surface area contributed by atoms with Gasteiger partial charge in [0.15, 0.2) is 11.9 Å². The molecule has 1 aromatic carbocycles. The van der Waals surface area contributed by atoms with Crippen LogP contribution in [-0.4, -0.2) is 25.0 Å². The molecule has 0 saturated carbocycles. The number of ether oxygens (including phenoxy) is 2. The Morgan fingerprint density at radius 3 is 2.63 bits per heavy atom. The van der Waals surface area contributed by atoms with Crippen LogP contribution in [0.15, 0.2) is 18.2 Å². The standard InChI is InChI=1S/C14H15NO4/c1-9(8-15)19-14(17)7-12-6-11(10(2)16)4-5-13(12)18-3/h4-6,9H,7H2,1-3H3/t9-/m0/s1. The molecule has 100 valence electrons. The highest BCUT2D eigenvalue weighted by Crippen LogP contribution is 2.21. The van der Waals surface area contributed by atoms with Gasteiger partial charge in [-0.1, -0.05) is 0 Å². The molecule has 0 fully saturated rings. The third-order valence-corrected chi connectivity index (χ3v) is 2.51. The third kappa shape index (κ3) is 4.11. The maximum Gasteiger partial charge on any atom is 0.311 e. The van der Waals surface area contributed by atoms with Gasteiger partial charge in [0, 0.05) is 11.1 Å². The van der Waals surface area contributed by atoms with Crippen molar-refractivity contribution in [1.82, 2.24) is 0 Å². The second-order valence-corrected chi connectivity index (χ2v) is 4.02. The molecule has 0 aliphatic rings. The first-order valence-electron chi connectivity index (χ1n) is 5.75. The first-order valence-corrected chi connectivity index (χ1v) is 5.75. The summed E-state index contributed by atoms with van der Waals surface area (Å²) in [5.41, 5.74) is 1.06. The summed E-state index contributed by atoms with van der Waals surface area (Å²) in [7, 11) is 1.48. The summed E-state index contributed by atoms with van der Waals surface area (Å²) in [5.74, 6) is -0.123. The molecule has 0 heterocycles. The lowest BCUT2D eigenvalue weighted by atomic mass is 10.0. The molecule has 0 spiro atoms. The molecule has 19 heavy (non-hydrogen) atoms. The van der Waals surface area contributed by atoms with Crippen LogP contribution in [0, 0.1) is 11.3 Å². The molecule has 1 rings (SSSR count). The summed E-state index contributed by atoms with van der Waals surface area (Å²) in [6.45, 7) is 2.93. The number of hydrogen-bond acceptors (Lipinski definition) is 5. The molecule has 1 aromatic rings. The number of nitrogens with zero attached hydrogens (tertiary/aromatic N) is 1. The van der Waals surface area contributed by atoms with E-state index < -0.39 is 12.1 Å².